The van der Waals surface area contributed by atoms with Crippen LogP contribution in [0.5, 0.6) is 0 Å². The third kappa shape index (κ3) is 6.14. The van der Waals surface area contributed by atoms with Gasteiger partial charge in [0.2, 0.25) is 21.8 Å². The van der Waals surface area contributed by atoms with Gasteiger partial charge in [0.15, 0.2) is 0 Å². The highest BCUT2D eigenvalue weighted by molar-refractivity contribution is 7.89. The minimum absolute atomic E-state index is 0.0233. The number of nitrogens with zero attached hydrogens (tertiary/aromatic N) is 4. The van der Waals surface area contributed by atoms with Gasteiger partial charge in [-0.05, 0) is 37.0 Å². The molecular formula is C24H35FN4O4S. The quantitative estimate of drug-likeness (QED) is 0.602. The predicted molar refractivity (Wildman–Crippen MR) is 126 cm³/mol. The first-order valence-corrected chi connectivity index (χ1v) is 13.8. The second-order valence-electron chi connectivity index (χ2n) is 9.61. The Hall–Kier alpha value is -2.04. The highest BCUT2D eigenvalue weighted by Crippen LogP contribution is 2.27. The summed E-state index contributed by atoms with van der Waals surface area (Å²) < 4.78 is 40.3. The molecule has 10 heteroatoms. The van der Waals surface area contributed by atoms with Gasteiger partial charge in [0.25, 0.3) is 0 Å². The van der Waals surface area contributed by atoms with Crippen LogP contribution in [-0.2, 0) is 19.6 Å². The van der Waals surface area contributed by atoms with Gasteiger partial charge >= 0.3 is 0 Å². The Labute approximate surface area is 201 Å². The number of hydrogen-bond acceptors (Lipinski definition) is 5. The molecule has 0 bridgehead atoms. The van der Waals surface area contributed by atoms with E-state index in [0.29, 0.717) is 51.6 Å². The standard InChI is InChI=1S/C24H35FN4O4S/c25-21-7-4-8-22(18-21)34(32,33)29-15-13-28(14-16-29)24(31)19-26-9-11-27(12-10-26)23(30)17-20-5-2-1-3-6-20/h4,7-8,18,20H,1-3,5-6,9-17,19H2. The van der Waals surface area contributed by atoms with Crippen molar-refractivity contribution in [1.29, 1.82) is 0 Å². The lowest BCUT2D eigenvalue weighted by molar-refractivity contribution is -0.136. The van der Waals surface area contributed by atoms with Crippen LogP contribution in [0.15, 0.2) is 29.2 Å². The van der Waals surface area contributed by atoms with E-state index in [-0.39, 0.29) is 36.3 Å². The van der Waals surface area contributed by atoms with Gasteiger partial charge in [-0.3, -0.25) is 14.5 Å². The zero-order valence-electron chi connectivity index (χ0n) is 19.7. The van der Waals surface area contributed by atoms with Crippen LogP contribution in [-0.4, -0.2) is 98.1 Å². The Morgan fingerprint density at radius 1 is 0.853 bits per heavy atom. The molecule has 2 saturated heterocycles. The van der Waals surface area contributed by atoms with E-state index in [9.17, 15) is 22.4 Å². The van der Waals surface area contributed by atoms with E-state index >= 15 is 0 Å². The van der Waals surface area contributed by atoms with Crippen LogP contribution in [0.4, 0.5) is 4.39 Å². The van der Waals surface area contributed by atoms with Crippen molar-refractivity contribution in [2.45, 2.75) is 43.4 Å². The minimum atomic E-state index is -3.78. The second-order valence-corrected chi connectivity index (χ2v) is 11.5. The van der Waals surface area contributed by atoms with Crippen molar-refractivity contribution >= 4 is 21.8 Å². The number of rotatable bonds is 6. The van der Waals surface area contributed by atoms with E-state index in [1.165, 1.54) is 41.8 Å². The van der Waals surface area contributed by atoms with Gasteiger partial charge < -0.3 is 9.80 Å². The number of benzene rings is 1. The van der Waals surface area contributed by atoms with Crippen molar-refractivity contribution in [3.05, 3.63) is 30.1 Å². The minimum Gasteiger partial charge on any atom is -0.340 e. The number of halogens is 1. The van der Waals surface area contributed by atoms with Crippen molar-refractivity contribution in [3.63, 3.8) is 0 Å². The van der Waals surface area contributed by atoms with Crippen molar-refractivity contribution in [3.8, 4) is 0 Å². The molecule has 4 rings (SSSR count). The molecule has 2 amide bonds. The summed E-state index contributed by atoms with van der Waals surface area (Å²) in [4.78, 5) is 31.1. The summed E-state index contributed by atoms with van der Waals surface area (Å²) in [6.45, 7) is 3.94. The van der Waals surface area contributed by atoms with Crippen LogP contribution in [0.25, 0.3) is 0 Å². The number of hydrogen-bond donors (Lipinski definition) is 0. The number of piperazine rings is 2. The number of carbonyl (C=O) groups excluding carboxylic acids is 2. The van der Waals surface area contributed by atoms with Crippen LogP contribution >= 0.6 is 0 Å². The molecule has 34 heavy (non-hydrogen) atoms. The van der Waals surface area contributed by atoms with E-state index in [0.717, 1.165) is 18.9 Å². The normalized spacial score (nSPS) is 21.6. The van der Waals surface area contributed by atoms with Crippen molar-refractivity contribution in [1.82, 2.24) is 19.0 Å². The highest BCUT2D eigenvalue weighted by Gasteiger charge is 2.31. The molecule has 0 unspecified atom stereocenters. The molecule has 1 aromatic rings. The Kier molecular flexibility index (Phi) is 8.21. The molecule has 0 spiro atoms. The topological polar surface area (TPSA) is 81.2 Å². The van der Waals surface area contributed by atoms with Crippen LogP contribution in [0.1, 0.15) is 38.5 Å². The third-order valence-electron chi connectivity index (χ3n) is 7.30. The van der Waals surface area contributed by atoms with Crippen LogP contribution in [0.2, 0.25) is 0 Å². The monoisotopic (exact) mass is 494 g/mol. The fraction of sp³-hybridized carbons (Fsp3) is 0.667. The number of amides is 2. The predicted octanol–water partition coefficient (Wildman–Crippen LogP) is 1.77. The lowest BCUT2D eigenvalue weighted by Crippen LogP contribution is -2.55. The summed E-state index contributed by atoms with van der Waals surface area (Å²) in [7, 11) is -3.78. The Morgan fingerprint density at radius 3 is 2.12 bits per heavy atom. The molecule has 1 aromatic carbocycles. The lowest BCUT2D eigenvalue weighted by Gasteiger charge is -2.38. The van der Waals surface area contributed by atoms with Crippen molar-refractivity contribution in [2.24, 2.45) is 5.92 Å². The Balaban J connectivity index is 1.20. The van der Waals surface area contributed by atoms with Crippen LogP contribution < -0.4 is 0 Å². The molecule has 2 aliphatic heterocycles. The molecule has 3 fully saturated rings. The van der Waals surface area contributed by atoms with Gasteiger partial charge in [0, 0.05) is 58.8 Å². The van der Waals surface area contributed by atoms with Gasteiger partial charge in [0.1, 0.15) is 5.82 Å². The second kappa shape index (κ2) is 11.1. The number of carbonyl (C=O) groups is 2. The van der Waals surface area contributed by atoms with Crippen molar-refractivity contribution < 1.29 is 22.4 Å². The van der Waals surface area contributed by atoms with E-state index < -0.39 is 15.8 Å². The fourth-order valence-corrected chi connectivity index (χ4v) is 6.62. The molecule has 0 atom stereocenters. The van der Waals surface area contributed by atoms with Crippen LogP contribution in [0, 0.1) is 11.7 Å². The summed E-state index contributed by atoms with van der Waals surface area (Å²) in [6, 6.07) is 5.00. The van der Waals surface area contributed by atoms with E-state index in [1.54, 1.807) is 4.90 Å². The zero-order valence-corrected chi connectivity index (χ0v) is 20.5. The molecule has 1 aliphatic carbocycles. The maximum Gasteiger partial charge on any atom is 0.243 e. The first-order valence-electron chi connectivity index (χ1n) is 12.4. The smallest absolute Gasteiger partial charge is 0.243 e. The molecule has 2 heterocycles. The average molecular weight is 495 g/mol. The van der Waals surface area contributed by atoms with E-state index in [1.807, 2.05) is 4.90 Å². The summed E-state index contributed by atoms with van der Waals surface area (Å²) in [5, 5.41) is 0. The van der Waals surface area contributed by atoms with Gasteiger partial charge in [0.05, 0.1) is 11.4 Å². The Morgan fingerprint density at radius 2 is 1.47 bits per heavy atom. The van der Waals surface area contributed by atoms with Gasteiger partial charge in [-0.25, -0.2) is 12.8 Å². The maximum absolute atomic E-state index is 13.5. The van der Waals surface area contributed by atoms with E-state index in [4.69, 9.17) is 0 Å². The summed E-state index contributed by atoms with van der Waals surface area (Å²) in [5.74, 6) is 0.160. The van der Waals surface area contributed by atoms with Gasteiger partial charge in [-0.15, -0.1) is 0 Å². The first-order chi connectivity index (χ1) is 16.3. The molecule has 0 aromatic heterocycles. The molecule has 3 aliphatic rings. The average Bonchev–Trinajstić information content (AvgIpc) is 2.85. The summed E-state index contributed by atoms with van der Waals surface area (Å²) >= 11 is 0. The lowest BCUT2D eigenvalue weighted by atomic mass is 9.86. The molecule has 0 N–H and O–H groups in total. The molecule has 8 nitrogen and oxygen atoms in total. The third-order valence-corrected chi connectivity index (χ3v) is 9.19. The van der Waals surface area contributed by atoms with Crippen LogP contribution in [0.3, 0.4) is 0 Å². The SMILES string of the molecule is O=C(CC1CCCCC1)N1CCN(CC(=O)N2CCN(S(=O)(=O)c3cccc(F)c3)CC2)CC1. The van der Waals surface area contributed by atoms with Crippen molar-refractivity contribution in [2.75, 3.05) is 58.9 Å². The Bertz CT molecular complexity index is 967. The van der Waals surface area contributed by atoms with Gasteiger partial charge in [-0.1, -0.05) is 25.3 Å². The summed E-state index contributed by atoms with van der Waals surface area (Å²) in [6.07, 6.45) is 6.74. The number of sulfonamides is 1. The summed E-state index contributed by atoms with van der Waals surface area (Å²) in [5.41, 5.74) is 0. The van der Waals surface area contributed by atoms with Gasteiger partial charge in [-0.2, -0.15) is 4.31 Å². The maximum atomic E-state index is 13.5. The molecule has 188 valence electrons. The molecule has 1 saturated carbocycles. The first kappa shape index (κ1) is 25.1. The van der Waals surface area contributed by atoms with E-state index in [2.05, 4.69) is 4.90 Å². The molecule has 0 radical (unpaired) electrons. The zero-order chi connectivity index (χ0) is 24.1. The fourth-order valence-electron chi connectivity index (χ4n) is 5.17. The largest absolute Gasteiger partial charge is 0.340 e. The molecular weight excluding hydrogens is 459 g/mol. The highest BCUT2D eigenvalue weighted by atomic mass is 32.2.